The van der Waals surface area contributed by atoms with Gasteiger partial charge in [-0.2, -0.15) is 0 Å². The Hall–Kier alpha value is -2.53. The van der Waals surface area contributed by atoms with Crippen LogP contribution >= 0.6 is 11.3 Å². The average Bonchev–Trinajstić information content (AvgIpc) is 3.40. The van der Waals surface area contributed by atoms with E-state index in [0.29, 0.717) is 12.2 Å². The van der Waals surface area contributed by atoms with Crippen LogP contribution in [0.4, 0.5) is 0 Å². The van der Waals surface area contributed by atoms with E-state index >= 15 is 0 Å². The fourth-order valence-corrected chi connectivity index (χ4v) is 4.91. The molecular formula is C19H19N3O5S2. The first-order valence-corrected chi connectivity index (χ1v) is 11.4. The van der Waals surface area contributed by atoms with E-state index < -0.39 is 22.2 Å². The number of benzene rings is 1. The number of nitrogens with zero attached hydrogens (tertiary/aromatic N) is 2. The van der Waals surface area contributed by atoms with Crippen LogP contribution in [0.1, 0.15) is 24.8 Å². The standard InChI is InChI=1S/C19H19N3O5S2/c23-18(21-27-19-3-1-2-10-26-19)7-4-14-8-9-22(12-14)29(24,25)15-5-6-16-17(11-15)28-13-20-16/h4-9,11-13,19H,1-3,10H2,(H,21,23)/b7-4+. The number of nitrogens with one attached hydrogen (secondary N) is 1. The first kappa shape index (κ1) is 19.8. The largest absolute Gasteiger partial charge is 0.350 e. The Morgan fingerprint density at radius 3 is 3.07 bits per heavy atom. The highest BCUT2D eigenvalue weighted by Gasteiger charge is 2.18. The summed E-state index contributed by atoms with van der Waals surface area (Å²) >= 11 is 1.38. The number of fused-ring (bicyclic) bond motifs is 1. The van der Waals surface area contributed by atoms with Crippen molar-refractivity contribution >= 4 is 43.6 Å². The van der Waals surface area contributed by atoms with Gasteiger partial charge in [0.1, 0.15) is 0 Å². The summed E-state index contributed by atoms with van der Waals surface area (Å²) in [5.41, 5.74) is 5.32. The molecule has 8 nitrogen and oxygen atoms in total. The van der Waals surface area contributed by atoms with Gasteiger partial charge >= 0.3 is 0 Å². The lowest BCUT2D eigenvalue weighted by atomic mass is 10.2. The van der Waals surface area contributed by atoms with Crippen molar-refractivity contribution in [2.24, 2.45) is 0 Å². The van der Waals surface area contributed by atoms with E-state index in [-0.39, 0.29) is 4.90 Å². The van der Waals surface area contributed by atoms with Gasteiger partial charge in [0.2, 0.25) is 0 Å². The average molecular weight is 434 g/mol. The zero-order valence-electron chi connectivity index (χ0n) is 15.4. The lowest BCUT2D eigenvalue weighted by Gasteiger charge is -2.21. The summed E-state index contributed by atoms with van der Waals surface area (Å²) in [6, 6.07) is 6.43. The molecule has 2 aromatic heterocycles. The molecule has 1 aliphatic rings. The molecule has 1 aromatic carbocycles. The molecule has 1 atom stereocenters. The van der Waals surface area contributed by atoms with E-state index in [2.05, 4.69) is 10.5 Å². The number of hydroxylamine groups is 1. The number of carbonyl (C=O) groups excluding carboxylic acids is 1. The van der Waals surface area contributed by atoms with E-state index in [1.165, 1.54) is 41.9 Å². The molecule has 0 saturated carbocycles. The quantitative estimate of drug-likeness (QED) is 0.474. The molecule has 1 fully saturated rings. The van der Waals surface area contributed by atoms with Gasteiger partial charge in [-0.15, -0.1) is 11.3 Å². The van der Waals surface area contributed by atoms with Gasteiger partial charge in [0, 0.05) is 31.5 Å². The molecule has 0 spiro atoms. The Morgan fingerprint density at radius 1 is 1.34 bits per heavy atom. The molecular weight excluding hydrogens is 414 g/mol. The fourth-order valence-electron chi connectivity index (χ4n) is 2.89. The van der Waals surface area contributed by atoms with E-state index in [1.807, 2.05) is 0 Å². The molecule has 0 bridgehead atoms. The topological polar surface area (TPSA) is 99.5 Å². The molecule has 3 aromatic rings. The normalized spacial score (nSPS) is 17.7. The number of thiazole rings is 1. The second-order valence-corrected chi connectivity index (χ2v) is 9.20. The smallest absolute Gasteiger partial charge is 0.267 e. The molecule has 0 aliphatic carbocycles. The summed E-state index contributed by atoms with van der Waals surface area (Å²) in [5, 5.41) is 0. The van der Waals surface area contributed by atoms with Crippen molar-refractivity contribution in [2.75, 3.05) is 6.61 Å². The van der Waals surface area contributed by atoms with E-state index in [4.69, 9.17) is 9.57 Å². The minimum absolute atomic E-state index is 0.180. The van der Waals surface area contributed by atoms with E-state index in [0.717, 1.165) is 33.5 Å². The highest BCUT2D eigenvalue weighted by molar-refractivity contribution is 7.90. The van der Waals surface area contributed by atoms with E-state index in [1.54, 1.807) is 23.7 Å². The number of aromatic nitrogens is 2. The highest BCUT2D eigenvalue weighted by Crippen LogP contribution is 2.23. The van der Waals surface area contributed by atoms with Gasteiger partial charge in [0.15, 0.2) is 6.29 Å². The van der Waals surface area contributed by atoms with Crippen molar-refractivity contribution in [1.82, 2.24) is 14.4 Å². The van der Waals surface area contributed by atoms with Crippen LogP contribution in [0.25, 0.3) is 16.3 Å². The lowest BCUT2D eigenvalue weighted by molar-refractivity contribution is -0.198. The molecule has 1 N–H and O–H groups in total. The Kier molecular flexibility index (Phi) is 5.76. The van der Waals surface area contributed by atoms with Gasteiger partial charge in [-0.25, -0.2) is 27.7 Å². The van der Waals surface area contributed by atoms with Crippen molar-refractivity contribution in [2.45, 2.75) is 30.4 Å². The summed E-state index contributed by atoms with van der Waals surface area (Å²) in [7, 11) is -3.73. The first-order valence-electron chi connectivity index (χ1n) is 9.04. The molecule has 1 unspecified atom stereocenters. The zero-order valence-corrected chi connectivity index (χ0v) is 17.0. The number of hydrogen-bond acceptors (Lipinski definition) is 7. The summed E-state index contributed by atoms with van der Waals surface area (Å²) in [6.07, 6.45) is 7.97. The van der Waals surface area contributed by atoms with Gasteiger partial charge in [0.25, 0.3) is 15.9 Å². The number of hydrogen-bond donors (Lipinski definition) is 1. The third-order valence-corrected chi connectivity index (χ3v) is 6.85. The monoisotopic (exact) mass is 433 g/mol. The van der Waals surface area contributed by atoms with Crippen LogP contribution in [0.15, 0.2) is 53.1 Å². The van der Waals surface area contributed by atoms with Gasteiger partial charge in [-0.1, -0.05) is 0 Å². The molecule has 0 radical (unpaired) electrons. The molecule has 3 heterocycles. The van der Waals surface area contributed by atoms with Crippen LogP contribution in [0, 0.1) is 0 Å². The predicted octanol–water partition coefficient (Wildman–Crippen LogP) is 2.92. The zero-order chi connectivity index (χ0) is 20.3. The molecule has 10 heteroatoms. The maximum Gasteiger partial charge on any atom is 0.267 e. The summed E-state index contributed by atoms with van der Waals surface area (Å²) in [5.74, 6) is -0.453. The van der Waals surface area contributed by atoms with Crippen molar-refractivity contribution in [3.8, 4) is 0 Å². The number of carbonyl (C=O) groups is 1. The maximum atomic E-state index is 12.8. The van der Waals surface area contributed by atoms with Gasteiger partial charge in [-0.05, 0) is 48.7 Å². The first-order chi connectivity index (χ1) is 14.0. The maximum absolute atomic E-state index is 12.8. The highest BCUT2D eigenvalue weighted by atomic mass is 32.2. The molecule has 152 valence electrons. The second-order valence-electron chi connectivity index (χ2n) is 6.48. The SMILES string of the molecule is O=C(/C=C/c1ccn(S(=O)(=O)c2ccc3ncsc3c2)c1)NOC1CCCCO1. The van der Waals surface area contributed by atoms with Crippen LogP contribution < -0.4 is 5.48 Å². The number of amides is 1. The van der Waals surface area contributed by atoms with Crippen LogP contribution in [-0.4, -0.2) is 36.2 Å². The van der Waals surface area contributed by atoms with Crippen molar-refractivity contribution in [1.29, 1.82) is 0 Å². The fraction of sp³-hybridized carbons (Fsp3) is 0.263. The lowest BCUT2D eigenvalue weighted by Crippen LogP contribution is -2.32. The third-order valence-electron chi connectivity index (χ3n) is 4.42. The molecule has 4 rings (SSSR count). The molecule has 1 aliphatic heterocycles. The van der Waals surface area contributed by atoms with Crippen LogP contribution in [0.5, 0.6) is 0 Å². The van der Waals surface area contributed by atoms with Gasteiger partial charge in [-0.3, -0.25) is 4.79 Å². The summed E-state index contributed by atoms with van der Waals surface area (Å²) < 4.78 is 33.0. The molecule has 29 heavy (non-hydrogen) atoms. The minimum atomic E-state index is -3.73. The summed E-state index contributed by atoms with van der Waals surface area (Å²) in [6.45, 7) is 0.619. The minimum Gasteiger partial charge on any atom is -0.350 e. The van der Waals surface area contributed by atoms with E-state index in [9.17, 15) is 13.2 Å². The Morgan fingerprint density at radius 2 is 2.24 bits per heavy atom. The molecule has 1 amide bonds. The summed E-state index contributed by atoms with van der Waals surface area (Å²) in [4.78, 5) is 21.4. The molecule has 1 saturated heterocycles. The second kappa shape index (κ2) is 8.46. The Bertz CT molecular complexity index is 1140. The van der Waals surface area contributed by atoms with Crippen LogP contribution in [-0.2, 0) is 24.4 Å². The van der Waals surface area contributed by atoms with Crippen molar-refractivity contribution in [3.05, 3.63) is 53.8 Å². The van der Waals surface area contributed by atoms with Crippen LogP contribution in [0.2, 0.25) is 0 Å². The van der Waals surface area contributed by atoms with Gasteiger partial charge < -0.3 is 4.74 Å². The predicted molar refractivity (Wildman–Crippen MR) is 108 cm³/mol. The number of rotatable bonds is 6. The van der Waals surface area contributed by atoms with Crippen molar-refractivity contribution in [3.63, 3.8) is 0 Å². The third kappa shape index (κ3) is 4.56. The van der Waals surface area contributed by atoms with Crippen molar-refractivity contribution < 1.29 is 22.8 Å². The number of ether oxygens (including phenoxy) is 1. The Balaban J connectivity index is 1.41. The Labute approximate surface area is 171 Å². The van der Waals surface area contributed by atoms with Crippen LogP contribution in [0.3, 0.4) is 0 Å². The van der Waals surface area contributed by atoms with Gasteiger partial charge in [0.05, 0.1) is 20.6 Å².